The lowest BCUT2D eigenvalue weighted by atomic mass is 10.0. The van der Waals surface area contributed by atoms with Crippen molar-refractivity contribution in [1.82, 2.24) is 15.1 Å². The molecule has 1 aliphatic heterocycles. The molecule has 1 unspecified atom stereocenters. The van der Waals surface area contributed by atoms with Crippen LogP contribution < -0.4 is 10.1 Å². The Hall–Kier alpha value is -3.00. The van der Waals surface area contributed by atoms with Crippen molar-refractivity contribution in [3.05, 3.63) is 58.0 Å². The van der Waals surface area contributed by atoms with E-state index in [9.17, 15) is 14.0 Å². The lowest BCUT2D eigenvalue weighted by Crippen LogP contribution is -2.35. The average Bonchev–Trinajstić information content (AvgIpc) is 3.42. The molecule has 0 saturated heterocycles. The Morgan fingerprint density at radius 3 is 2.83 bits per heavy atom. The molecule has 0 spiro atoms. The monoisotopic (exact) mass is 427 g/mol. The number of hydrogen-bond donors (Lipinski definition) is 1. The van der Waals surface area contributed by atoms with Crippen LogP contribution >= 0.6 is 11.3 Å². The first-order chi connectivity index (χ1) is 14.4. The van der Waals surface area contributed by atoms with Gasteiger partial charge < -0.3 is 10.1 Å². The normalized spacial score (nSPS) is 15.0. The standard InChI is InChI=1S/C22H22FN3O3S/c1-4-26-18(7-12(2)25-26)22(28)24-11-16-9-14-8-15(23)10-17(21(14)29-16)20-6-5-19(30-20)13(3)27/h5-8,10,16H,4,9,11H2,1-3H3,(H,24,28). The molecule has 0 radical (unpaired) electrons. The van der Waals surface area contributed by atoms with E-state index in [1.165, 1.54) is 30.4 Å². The predicted molar refractivity (Wildman–Crippen MR) is 113 cm³/mol. The molecule has 1 amide bonds. The highest BCUT2D eigenvalue weighted by Gasteiger charge is 2.28. The van der Waals surface area contributed by atoms with Crippen molar-refractivity contribution in [3.63, 3.8) is 0 Å². The Morgan fingerprint density at radius 2 is 2.13 bits per heavy atom. The zero-order chi connectivity index (χ0) is 21.4. The van der Waals surface area contributed by atoms with E-state index >= 15 is 0 Å². The number of amides is 1. The minimum Gasteiger partial charge on any atom is -0.487 e. The van der Waals surface area contributed by atoms with Gasteiger partial charge in [0.2, 0.25) is 0 Å². The number of halogens is 1. The molecular weight excluding hydrogens is 405 g/mol. The van der Waals surface area contributed by atoms with Crippen LogP contribution in [0.2, 0.25) is 0 Å². The number of nitrogens with one attached hydrogen (secondary N) is 1. The largest absolute Gasteiger partial charge is 0.487 e. The molecule has 1 N–H and O–H groups in total. The summed E-state index contributed by atoms with van der Waals surface area (Å²) >= 11 is 1.32. The highest BCUT2D eigenvalue weighted by Crippen LogP contribution is 2.42. The van der Waals surface area contributed by atoms with Gasteiger partial charge in [0.15, 0.2) is 5.78 Å². The number of hydrogen-bond acceptors (Lipinski definition) is 5. The van der Waals surface area contributed by atoms with Crippen LogP contribution in [0.25, 0.3) is 10.4 Å². The average molecular weight is 428 g/mol. The summed E-state index contributed by atoms with van der Waals surface area (Å²) in [6.07, 6.45) is 0.202. The highest BCUT2D eigenvalue weighted by atomic mass is 32.1. The Bertz CT molecular complexity index is 1130. The summed E-state index contributed by atoms with van der Waals surface area (Å²) in [5.74, 6) is 0.0225. The lowest BCUT2D eigenvalue weighted by molar-refractivity contribution is 0.0922. The first-order valence-corrected chi connectivity index (χ1v) is 10.6. The topological polar surface area (TPSA) is 73.2 Å². The molecule has 4 rings (SSSR count). The van der Waals surface area contributed by atoms with Crippen molar-refractivity contribution >= 4 is 23.0 Å². The molecule has 0 aliphatic carbocycles. The number of thiophene rings is 1. The van der Waals surface area contributed by atoms with Crippen LogP contribution in [-0.2, 0) is 13.0 Å². The second-order valence-electron chi connectivity index (χ2n) is 7.30. The van der Waals surface area contributed by atoms with E-state index in [0.717, 1.165) is 16.1 Å². The Balaban J connectivity index is 1.50. The van der Waals surface area contributed by atoms with E-state index in [1.807, 2.05) is 19.9 Å². The Kier molecular flexibility index (Phi) is 5.42. The van der Waals surface area contributed by atoms with Crippen molar-refractivity contribution < 1.29 is 18.7 Å². The van der Waals surface area contributed by atoms with Crippen LogP contribution in [-0.4, -0.2) is 34.1 Å². The Labute approximate surface area is 177 Å². The van der Waals surface area contributed by atoms with Gasteiger partial charge in [0, 0.05) is 29.0 Å². The number of Topliss-reactive ketones (excluding diaryl/α,β-unsaturated/α-hetero) is 1. The molecular formula is C22H22FN3O3S. The van der Waals surface area contributed by atoms with E-state index < -0.39 is 0 Å². The molecule has 0 bridgehead atoms. The number of aryl methyl sites for hydroxylation is 2. The van der Waals surface area contributed by atoms with E-state index in [1.54, 1.807) is 16.8 Å². The number of benzene rings is 1. The summed E-state index contributed by atoms with van der Waals surface area (Å²) in [6, 6.07) is 8.20. The molecule has 3 aromatic rings. The van der Waals surface area contributed by atoms with Crippen molar-refractivity contribution in [2.45, 2.75) is 39.8 Å². The summed E-state index contributed by atoms with van der Waals surface area (Å²) in [6.45, 7) is 6.18. The molecule has 2 aromatic heterocycles. The van der Waals surface area contributed by atoms with Gasteiger partial charge >= 0.3 is 0 Å². The highest BCUT2D eigenvalue weighted by molar-refractivity contribution is 7.17. The second-order valence-corrected chi connectivity index (χ2v) is 8.39. The molecule has 1 aliphatic rings. The maximum atomic E-state index is 14.2. The van der Waals surface area contributed by atoms with Gasteiger partial charge in [-0.2, -0.15) is 5.10 Å². The van der Waals surface area contributed by atoms with Crippen molar-refractivity contribution in [3.8, 4) is 16.2 Å². The van der Waals surface area contributed by atoms with Crippen molar-refractivity contribution in [1.29, 1.82) is 0 Å². The van der Waals surface area contributed by atoms with Crippen molar-refractivity contribution in [2.24, 2.45) is 0 Å². The number of aromatic nitrogens is 2. The molecule has 8 heteroatoms. The van der Waals surface area contributed by atoms with E-state index in [-0.39, 0.29) is 23.6 Å². The number of rotatable bonds is 6. The van der Waals surface area contributed by atoms with E-state index in [4.69, 9.17) is 4.74 Å². The quantitative estimate of drug-likeness (QED) is 0.603. The fraction of sp³-hybridized carbons (Fsp3) is 0.318. The van der Waals surface area contributed by atoms with Gasteiger partial charge in [-0.1, -0.05) is 0 Å². The molecule has 30 heavy (non-hydrogen) atoms. The summed E-state index contributed by atoms with van der Waals surface area (Å²) in [4.78, 5) is 25.6. The number of nitrogens with zero attached hydrogens (tertiary/aromatic N) is 2. The molecule has 0 saturated carbocycles. The number of ether oxygens (including phenoxy) is 1. The molecule has 0 fully saturated rings. The Morgan fingerprint density at radius 1 is 1.33 bits per heavy atom. The summed E-state index contributed by atoms with van der Waals surface area (Å²) in [5.41, 5.74) is 2.69. The first kappa shape index (κ1) is 20.3. The maximum Gasteiger partial charge on any atom is 0.269 e. The lowest BCUT2D eigenvalue weighted by Gasteiger charge is -2.13. The first-order valence-electron chi connectivity index (χ1n) is 9.78. The second kappa shape index (κ2) is 8.02. The third-order valence-electron chi connectivity index (χ3n) is 5.01. The zero-order valence-corrected chi connectivity index (χ0v) is 17.8. The van der Waals surface area contributed by atoms with Gasteiger partial charge in [-0.3, -0.25) is 14.3 Å². The molecule has 3 heterocycles. The van der Waals surface area contributed by atoms with Gasteiger partial charge in [0.1, 0.15) is 23.4 Å². The summed E-state index contributed by atoms with van der Waals surface area (Å²) in [5, 5.41) is 7.19. The van der Waals surface area contributed by atoms with Crippen LogP contribution in [0.4, 0.5) is 4.39 Å². The molecule has 6 nitrogen and oxygen atoms in total. The number of carbonyl (C=O) groups is 2. The predicted octanol–water partition coefficient (Wildman–Crippen LogP) is 4.02. The number of carbonyl (C=O) groups excluding carboxylic acids is 2. The molecule has 1 atom stereocenters. The van der Waals surface area contributed by atoms with Crippen LogP contribution in [0.5, 0.6) is 5.75 Å². The van der Waals surface area contributed by atoms with Gasteiger partial charge in [0.25, 0.3) is 5.91 Å². The fourth-order valence-corrected chi connectivity index (χ4v) is 4.54. The third-order valence-corrected chi connectivity index (χ3v) is 6.23. The van der Waals surface area contributed by atoms with Crippen LogP contribution in [0.3, 0.4) is 0 Å². The number of ketones is 1. The fourth-order valence-electron chi connectivity index (χ4n) is 3.63. The van der Waals surface area contributed by atoms with Gasteiger partial charge in [0.05, 0.1) is 17.1 Å². The van der Waals surface area contributed by atoms with Crippen LogP contribution in [0, 0.1) is 12.7 Å². The van der Waals surface area contributed by atoms with Gasteiger partial charge in [-0.15, -0.1) is 11.3 Å². The third kappa shape index (κ3) is 3.87. The minimum absolute atomic E-state index is 0.0256. The number of fused-ring (bicyclic) bond motifs is 1. The molecule has 156 valence electrons. The SMILES string of the molecule is CCn1nc(C)cc1C(=O)NCC1Cc2cc(F)cc(-c3ccc(C(C)=O)s3)c2O1. The van der Waals surface area contributed by atoms with E-state index in [2.05, 4.69) is 10.4 Å². The maximum absolute atomic E-state index is 14.2. The van der Waals surface area contributed by atoms with Crippen LogP contribution in [0.1, 0.15) is 45.3 Å². The summed E-state index contributed by atoms with van der Waals surface area (Å²) < 4.78 is 22.0. The van der Waals surface area contributed by atoms with Gasteiger partial charge in [-0.05, 0) is 51.1 Å². The van der Waals surface area contributed by atoms with Crippen LogP contribution in [0.15, 0.2) is 30.3 Å². The smallest absolute Gasteiger partial charge is 0.269 e. The van der Waals surface area contributed by atoms with Crippen molar-refractivity contribution in [2.75, 3.05) is 6.54 Å². The zero-order valence-electron chi connectivity index (χ0n) is 17.0. The van der Waals surface area contributed by atoms with E-state index in [0.29, 0.717) is 41.4 Å². The van der Waals surface area contributed by atoms with Gasteiger partial charge in [-0.25, -0.2) is 4.39 Å². The summed E-state index contributed by atoms with van der Waals surface area (Å²) in [7, 11) is 0. The minimum atomic E-state index is -0.350. The molecule has 1 aromatic carbocycles.